The van der Waals surface area contributed by atoms with Gasteiger partial charge in [-0.3, -0.25) is 24.1 Å². The number of imide groups is 1. The van der Waals surface area contributed by atoms with E-state index >= 15 is 0 Å². The Kier molecular flexibility index (Phi) is 8.52. The summed E-state index contributed by atoms with van der Waals surface area (Å²) in [7, 11) is 4.05. The van der Waals surface area contributed by atoms with Crippen molar-refractivity contribution in [3.8, 4) is 0 Å². The molecule has 2 rings (SSSR count). The normalized spacial score (nSPS) is 20.6. The summed E-state index contributed by atoms with van der Waals surface area (Å²) >= 11 is 0. The summed E-state index contributed by atoms with van der Waals surface area (Å²) in [4.78, 5) is 68.3. The average Bonchev–Trinajstić information content (AvgIpc) is 3.01. The highest BCUT2D eigenvalue weighted by molar-refractivity contribution is 6.01. The van der Waals surface area contributed by atoms with Crippen molar-refractivity contribution < 1.29 is 28.8 Å². The van der Waals surface area contributed by atoms with E-state index in [9.17, 15) is 24.0 Å². The Balaban J connectivity index is 1.65. The zero-order valence-electron chi connectivity index (χ0n) is 18.7. The molecule has 0 bridgehead atoms. The van der Waals surface area contributed by atoms with Crippen molar-refractivity contribution in [3.05, 3.63) is 0 Å². The Labute approximate surface area is 182 Å². The number of amides is 4. The number of carbonyl (C=O) groups is 5. The van der Waals surface area contributed by atoms with Crippen LogP contribution in [-0.2, 0) is 28.8 Å². The summed E-state index contributed by atoms with van der Waals surface area (Å²) < 4.78 is 0. The smallest absolute Gasteiger partial charge is 0.334 e. The Hall–Kier alpha value is -2.53. The first kappa shape index (κ1) is 24.7. The molecular formula is C20H33N5O6. The van der Waals surface area contributed by atoms with E-state index in [0.29, 0.717) is 5.06 Å². The van der Waals surface area contributed by atoms with Gasteiger partial charge in [-0.2, -0.15) is 0 Å². The summed E-state index contributed by atoms with van der Waals surface area (Å²) in [6.07, 6.45) is -0.0533. The molecular weight excluding hydrogens is 415 g/mol. The highest BCUT2D eigenvalue weighted by atomic mass is 16.8. The number of nitrogens with zero attached hydrogens (tertiary/aromatic N) is 3. The fourth-order valence-electron chi connectivity index (χ4n) is 3.66. The SMILES string of the molecule is CC(C)(C(=O)NCCC(=O)[15NH]CC[13C](=O)ON1C(=O)CCC1=O)[13CH]1[13CH2][15N]([13CH3])C[13CH2][15N]1[13CH3]. The van der Waals surface area contributed by atoms with E-state index in [1.54, 1.807) is 0 Å². The molecule has 2 saturated heterocycles. The monoisotopic (exact) mass is 448 g/mol. The van der Waals surface area contributed by atoms with Crippen LogP contribution in [0.5, 0.6) is 0 Å². The average molecular weight is 448 g/mol. The molecule has 0 saturated carbocycles. The molecule has 2 aliphatic rings. The maximum Gasteiger partial charge on any atom is 0.334 e. The van der Waals surface area contributed by atoms with E-state index in [2.05, 4.69) is 20.4 Å². The third-order valence-electron chi connectivity index (χ3n) is 5.76. The van der Waals surface area contributed by atoms with Crippen LogP contribution in [-0.4, -0.2) is 97.3 Å². The molecule has 0 aliphatic carbocycles. The topological polar surface area (TPSA) is 128 Å². The summed E-state index contributed by atoms with van der Waals surface area (Å²) in [5, 5.41) is 5.86. The van der Waals surface area contributed by atoms with E-state index in [0.717, 1.165) is 19.6 Å². The summed E-state index contributed by atoms with van der Waals surface area (Å²) in [6.45, 7) is 6.65. The predicted octanol–water partition coefficient (Wildman–Crippen LogP) is -1.12. The Morgan fingerprint density at radius 3 is 2.26 bits per heavy atom. The number of nitrogens with one attached hydrogen (secondary N) is 2. The second kappa shape index (κ2) is 10.7. The molecule has 2 N–H and O–H groups in total. The lowest BCUT2D eigenvalue weighted by molar-refractivity contribution is -0.197. The van der Waals surface area contributed by atoms with Crippen molar-refractivity contribution >= 4 is 29.6 Å². The minimum absolute atomic E-state index is 0.00648. The Morgan fingerprint density at radius 1 is 1.00 bits per heavy atom. The maximum absolute atomic E-state index is 12.7. The second-order valence-corrected chi connectivity index (χ2v) is 8.63. The van der Waals surface area contributed by atoms with Crippen LogP contribution in [0.4, 0.5) is 0 Å². The third-order valence-corrected chi connectivity index (χ3v) is 5.76. The summed E-state index contributed by atoms with van der Waals surface area (Å²) in [6, 6.07) is 0.0699. The lowest BCUT2D eigenvalue weighted by atomic mass is 9.99. The first-order valence-electron chi connectivity index (χ1n) is 10.5. The quantitative estimate of drug-likeness (QED) is 0.258. The molecule has 0 radical (unpaired) electrons. The molecule has 31 heavy (non-hydrogen) atoms. The van der Waals surface area contributed by atoms with E-state index < -0.39 is 23.2 Å². The van der Waals surface area contributed by atoms with E-state index in [4.69, 9.17) is 4.84 Å². The minimum Gasteiger partial charge on any atom is -0.355 e. The molecule has 0 aromatic heterocycles. The van der Waals surface area contributed by atoms with Gasteiger partial charge in [0, 0.05) is 58.0 Å². The molecule has 1 atom stereocenters. The standard InChI is InChI=1S/C20H33N5O6/c1-20(2,14-13-23(3)11-12-24(14)4)19(30)22-9-7-15(26)21-10-8-18(29)31-25-16(27)5-6-17(25)28/h14H,5-13H2,1-4H3,(H,21,26)(H,22,30)/i3+1,4+1,12+1,13+1,14+1,18+1,21+1,23+1,24+1. The molecule has 0 aromatic carbocycles. The van der Waals surface area contributed by atoms with E-state index in [1.165, 1.54) is 0 Å². The van der Waals surface area contributed by atoms with Crippen LogP contribution in [0.1, 0.15) is 39.5 Å². The van der Waals surface area contributed by atoms with Crippen LogP contribution in [0, 0.1) is 5.41 Å². The number of carbonyl (C=O) groups excluding carboxylic acids is 5. The molecule has 0 spiro atoms. The van der Waals surface area contributed by atoms with Crippen LogP contribution >= 0.6 is 0 Å². The maximum atomic E-state index is 12.7. The van der Waals surface area contributed by atoms with E-state index in [1.807, 2.05) is 27.9 Å². The van der Waals surface area contributed by atoms with Gasteiger partial charge in [-0.25, -0.2) is 4.79 Å². The minimum atomic E-state index is -0.777. The van der Waals surface area contributed by atoms with Crippen molar-refractivity contribution in [3.63, 3.8) is 0 Å². The van der Waals surface area contributed by atoms with Gasteiger partial charge < -0.3 is 20.4 Å². The van der Waals surface area contributed by atoms with Gasteiger partial charge in [0.2, 0.25) is 11.8 Å². The highest BCUT2D eigenvalue weighted by Gasteiger charge is 2.41. The van der Waals surface area contributed by atoms with Crippen LogP contribution in [0.3, 0.4) is 0 Å². The predicted molar refractivity (Wildman–Crippen MR) is 110 cm³/mol. The van der Waals surface area contributed by atoms with Gasteiger partial charge >= 0.3 is 5.97 Å². The highest BCUT2D eigenvalue weighted by Crippen LogP contribution is 2.27. The first-order chi connectivity index (χ1) is 14.5. The van der Waals surface area contributed by atoms with Gasteiger partial charge in [-0.15, -0.1) is 5.06 Å². The Bertz CT molecular complexity index is 709. The van der Waals surface area contributed by atoms with Gasteiger partial charge in [-0.1, -0.05) is 0 Å². The number of likely N-dealkylation sites (N-methyl/N-ethyl adjacent to an activating group) is 2. The molecule has 4 amide bonds. The van der Waals surface area contributed by atoms with Crippen molar-refractivity contribution in [2.75, 3.05) is 46.8 Å². The number of piperazine rings is 1. The van der Waals surface area contributed by atoms with Crippen molar-refractivity contribution in [2.24, 2.45) is 5.41 Å². The molecule has 174 valence electrons. The van der Waals surface area contributed by atoms with Crippen LogP contribution in [0.15, 0.2) is 0 Å². The van der Waals surface area contributed by atoms with Gasteiger partial charge in [0.05, 0.1) is 11.8 Å². The lowest BCUT2D eigenvalue weighted by Gasteiger charge is -2.45. The largest absolute Gasteiger partial charge is 0.355 e. The van der Waals surface area contributed by atoms with Crippen LogP contribution in [0.2, 0.25) is 0 Å². The number of hydrogen-bond acceptors (Lipinski definition) is 8. The van der Waals surface area contributed by atoms with Crippen molar-refractivity contribution in [2.45, 2.75) is 45.6 Å². The fraction of sp³-hybridized carbons (Fsp3) is 0.750. The molecule has 0 aromatic rings. The Morgan fingerprint density at radius 2 is 1.61 bits per heavy atom. The van der Waals surface area contributed by atoms with Crippen molar-refractivity contribution in [1.82, 2.24) is 25.5 Å². The van der Waals surface area contributed by atoms with Gasteiger partial charge in [0.1, 0.15) is 0 Å². The summed E-state index contributed by atoms with van der Waals surface area (Å²) in [5.74, 6) is -2.32. The zero-order chi connectivity index (χ0) is 23.2. The van der Waals surface area contributed by atoms with Gasteiger partial charge in [-0.05, 0) is 27.9 Å². The molecule has 2 heterocycles. The molecule has 11 heteroatoms. The third kappa shape index (κ3) is 6.73. The molecule has 2 aliphatic heterocycles. The molecule has 1 unspecified atom stereocenters. The van der Waals surface area contributed by atoms with Gasteiger partial charge in [0.25, 0.3) is 11.8 Å². The zero-order valence-corrected chi connectivity index (χ0v) is 18.7. The molecule has 11 nitrogen and oxygen atoms in total. The number of hydroxylamine groups is 2. The van der Waals surface area contributed by atoms with E-state index in [-0.39, 0.29) is 56.6 Å². The second-order valence-electron chi connectivity index (χ2n) is 8.63. The number of hydrogen-bond donors (Lipinski definition) is 2. The summed E-state index contributed by atoms with van der Waals surface area (Å²) in [5.41, 5.74) is -0.617. The lowest BCUT2D eigenvalue weighted by Crippen LogP contribution is -2.60. The van der Waals surface area contributed by atoms with Crippen LogP contribution < -0.4 is 10.6 Å². The fourth-order valence-corrected chi connectivity index (χ4v) is 3.66. The van der Waals surface area contributed by atoms with Crippen LogP contribution in [0.25, 0.3) is 0 Å². The molecule has 2 fully saturated rings. The van der Waals surface area contributed by atoms with Crippen molar-refractivity contribution in [1.29, 1.82) is 0 Å². The van der Waals surface area contributed by atoms with Gasteiger partial charge in [0.15, 0.2) is 0 Å². The number of rotatable bonds is 9. The first-order valence-corrected chi connectivity index (χ1v) is 10.5.